The Labute approximate surface area is 120 Å². The Kier molecular flexibility index (Phi) is 5.79. The smallest absolute Gasteiger partial charge is 0.326 e. The number of benzene rings is 1. The average Bonchev–Trinajstić information content (AvgIpc) is 2.41. The zero-order chi connectivity index (χ0) is 16.0. The lowest BCUT2D eigenvalue weighted by atomic mass is 10.0. The molecule has 0 heterocycles. The van der Waals surface area contributed by atoms with Crippen molar-refractivity contribution in [1.29, 1.82) is 5.26 Å². The van der Waals surface area contributed by atoms with Crippen molar-refractivity contribution in [3.05, 3.63) is 35.4 Å². The third-order valence-electron chi connectivity index (χ3n) is 2.79. The molecule has 5 nitrogen and oxygen atoms in total. The predicted octanol–water partition coefficient (Wildman–Crippen LogP) is 1.63. The van der Waals surface area contributed by atoms with Gasteiger partial charge in [0.2, 0.25) is 5.91 Å². The number of hydrogen-bond acceptors (Lipinski definition) is 3. The van der Waals surface area contributed by atoms with Crippen molar-refractivity contribution < 1.29 is 23.5 Å². The molecule has 0 aliphatic carbocycles. The lowest BCUT2D eigenvalue weighted by molar-refractivity contribution is -0.142. The number of halogens is 2. The van der Waals surface area contributed by atoms with Crippen molar-refractivity contribution in [3.8, 4) is 6.07 Å². The third kappa shape index (κ3) is 5.18. The first-order valence-electron chi connectivity index (χ1n) is 6.19. The molecule has 2 N–H and O–H groups in total. The zero-order valence-electron chi connectivity index (χ0n) is 11.3. The van der Waals surface area contributed by atoms with Gasteiger partial charge in [-0.2, -0.15) is 5.26 Å². The molecule has 0 radical (unpaired) electrons. The van der Waals surface area contributed by atoms with Crippen LogP contribution in [-0.4, -0.2) is 23.0 Å². The van der Waals surface area contributed by atoms with Crippen LogP contribution in [0.3, 0.4) is 0 Å². The summed E-state index contributed by atoms with van der Waals surface area (Å²) in [5.74, 6) is -4.53. The van der Waals surface area contributed by atoms with Gasteiger partial charge in [0, 0.05) is 5.92 Å². The molecular formula is C14H14F2N2O3. The summed E-state index contributed by atoms with van der Waals surface area (Å²) in [6, 6.07) is 3.70. The van der Waals surface area contributed by atoms with Crippen LogP contribution in [0.4, 0.5) is 8.78 Å². The van der Waals surface area contributed by atoms with Crippen LogP contribution in [0, 0.1) is 28.9 Å². The Morgan fingerprint density at radius 3 is 2.57 bits per heavy atom. The molecule has 0 saturated heterocycles. The topological polar surface area (TPSA) is 90.2 Å². The highest BCUT2D eigenvalue weighted by Gasteiger charge is 2.22. The summed E-state index contributed by atoms with van der Waals surface area (Å²) < 4.78 is 25.8. The molecular weight excluding hydrogens is 282 g/mol. The van der Waals surface area contributed by atoms with E-state index < -0.39 is 35.5 Å². The van der Waals surface area contributed by atoms with Crippen LogP contribution in [0.5, 0.6) is 0 Å². The molecule has 2 atom stereocenters. The van der Waals surface area contributed by atoms with Gasteiger partial charge < -0.3 is 10.4 Å². The Morgan fingerprint density at radius 2 is 2.05 bits per heavy atom. The van der Waals surface area contributed by atoms with Gasteiger partial charge in [-0.1, -0.05) is 6.07 Å². The van der Waals surface area contributed by atoms with Crippen molar-refractivity contribution in [3.63, 3.8) is 0 Å². The van der Waals surface area contributed by atoms with Crippen LogP contribution in [0.2, 0.25) is 0 Å². The molecule has 21 heavy (non-hydrogen) atoms. The SMILES string of the molecule is C[C@@H](C#N)C[C@H](NC(=O)Cc1ccc(F)c(F)c1)C(=O)O. The maximum Gasteiger partial charge on any atom is 0.326 e. The number of nitriles is 1. The summed E-state index contributed by atoms with van der Waals surface area (Å²) in [5.41, 5.74) is 0.226. The minimum atomic E-state index is -1.25. The van der Waals surface area contributed by atoms with Crippen LogP contribution in [0.1, 0.15) is 18.9 Å². The number of carbonyl (C=O) groups is 2. The number of nitrogens with one attached hydrogen (secondary N) is 1. The maximum absolute atomic E-state index is 13.0. The van der Waals surface area contributed by atoms with Gasteiger partial charge in [-0.15, -0.1) is 0 Å². The van der Waals surface area contributed by atoms with Gasteiger partial charge in [0.05, 0.1) is 12.5 Å². The fourth-order valence-corrected chi connectivity index (χ4v) is 1.71. The Morgan fingerprint density at radius 1 is 1.38 bits per heavy atom. The Balaban J connectivity index is 2.67. The highest BCUT2D eigenvalue weighted by Crippen LogP contribution is 2.10. The summed E-state index contributed by atoms with van der Waals surface area (Å²) in [6.45, 7) is 1.54. The standard InChI is InChI=1S/C14H14F2N2O3/c1-8(7-17)4-12(14(20)21)18-13(19)6-9-2-3-10(15)11(16)5-9/h2-3,5,8,12H,4,6H2,1H3,(H,18,19)(H,20,21)/t8-,12+/m1/s1. The predicted molar refractivity (Wildman–Crippen MR) is 69.0 cm³/mol. The number of rotatable bonds is 6. The van der Waals surface area contributed by atoms with Crippen molar-refractivity contribution in [1.82, 2.24) is 5.32 Å². The molecule has 1 amide bonds. The highest BCUT2D eigenvalue weighted by molar-refractivity contribution is 5.84. The largest absolute Gasteiger partial charge is 0.480 e. The summed E-state index contributed by atoms with van der Waals surface area (Å²) in [4.78, 5) is 22.7. The molecule has 0 aliphatic rings. The van der Waals surface area contributed by atoms with E-state index in [1.807, 2.05) is 6.07 Å². The normalized spacial score (nSPS) is 13.0. The molecule has 0 unspecified atom stereocenters. The summed E-state index contributed by atoms with van der Waals surface area (Å²) >= 11 is 0. The molecule has 0 saturated carbocycles. The second-order valence-corrected chi connectivity index (χ2v) is 4.65. The maximum atomic E-state index is 13.0. The van der Waals surface area contributed by atoms with Gasteiger partial charge in [0.15, 0.2) is 11.6 Å². The number of carboxylic acid groups (broad SMARTS) is 1. The first kappa shape index (κ1) is 16.6. The highest BCUT2D eigenvalue weighted by atomic mass is 19.2. The van der Waals surface area contributed by atoms with Crippen LogP contribution >= 0.6 is 0 Å². The number of aliphatic carboxylic acids is 1. The van der Waals surface area contributed by atoms with Crippen LogP contribution in [0.15, 0.2) is 18.2 Å². The van der Waals surface area contributed by atoms with Crippen molar-refractivity contribution in [2.24, 2.45) is 5.92 Å². The molecule has 7 heteroatoms. The van der Waals surface area contributed by atoms with Crippen molar-refractivity contribution in [2.75, 3.05) is 0 Å². The van der Waals surface area contributed by atoms with Gasteiger partial charge in [-0.3, -0.25) is 4.79 Å². The van der Waals surface area contributed by atoms with Gasteiger partial charge in [0.25, 0.3) is 0 Å². The first-order valence-corrected chi connectivity index (χ1v) is 6.19. The molecule has 1 rings (SSSR count). The van der Waals surface area contributed by atoms with Gasteiger partial charge >= 0.3 is 5.97 Å². The van der Waals surface area contributed by atoms with E-state index in [4.69, 9.17) is 10.4 Å². The van der Waals surface area contributed by atoms with E-state index in [-0.39, 0.29) is 18.4 Å². The number of hydrogen-bond donors (Lipinski definition) is 2. The van der Waals surface area contributed by atoms with E-state index in [9.17, 15) is 18.4 Å². The van der Waals surface area contributed by atoms with E-state index in [0.717, 1.165) is 12.1 Å². The Hall–Kier alpha value is -2.49. The second-order valence-electron chi connectivity index (χ2n) is 4.65. The zero-order valence-corrected chi connectivity index (χ0v) is 11.3. The van der Waals surface area contributed by atoms with Crippen LogP contribution in [0.25, 0.3) is 0 Å². The minimum Gasteiger partial charge on any atom is -0.480 e. The van der Waals surface area contributed by atoms with Gasteiger partial charge in [-0.05, 0) is 31.0 Å². The minimum absolute atomic E-state index is 0.0324. The summed E-state index contributed by atoms with van der Waals surface area (Å²) in [5, 5.41) is 19.9. The lowest BCUT2D eigenvalue weighted by Crippen LogP contribution is -2.42. The lowest BCUT2D eigenvalue weighted by Gasteiger charge is -2.15. The van der Waals surface area contributed by atoms with Crippen LogP contribution in [-0.2, 0) is 16.0 Å². The molecule has 0 aliphatic heterocycles. The monoisotopic (exact) mass is 296 g/mol. The van der Waals surface area contributed by atoms with E-state index in [0.29, 0.717) is 0 Å². The van der Waals surface area contributed by atoms with Crippen LogP contribution < -0.4 is 5.32 Å². The number of carbonyl (C=O) groups excluding carboxylic acids is 1. The molecule has 0 aromatic heterocycles. The molecule has 1 aromatic rings. The molecule has 0 bridgehead atoms. The Bertz CT molecular complexity index is 584. The van der Waals surface area contributed by atoms with Crippen molar-refractivity contribution in [2.45, 2.75) is 25.8 Å². The number of amides is 1. The first-order chi connectivity index (χ1) is 9.83. The number of carboxylic acids is 1. The van der Waals surface area contributed by atoms with Gasteiger partial charge in [0.1, 0.15) is 6.04 Å². The third-order valence-corrected chi connectivity index (χ3v) is 2.79. The van der Waals surface area contributed by atoms with E-state index in [2.05, 4.69) is 5.32 Å². The molecule has 112 valence electrons. The van der Waals surface area contributed by atoms with E-state index in [1.54, 1.807) is 0 Å². The van der Waals surface area contributed by atoms with Gasteiger partial charge in [-0.25, -0.2) is 13.6 Å². The fourth-order valence-electron chi connectivity index (χ4n) is 1.71. The van der Waals surface area contributed by atoms with Crippen molar-refractivity contribution >= 4 is 11.9 Å². The molecule has 0 fully saturated rings. The summed E-state index contributed by atoms with van der Waals surface area (Å²) in [6.07, 6.45) is -0.308. The summed E-state index contributed by atoms with van der Waals surface area (Å²) in [7, 11) is 0. The average molecular weight is 296 g/mol. The molecule has 0 spiro atoms. The second kappa shape index (κ2) is 7.33. The quantitative estimate of drug-likeness (QED) is 0.834. The number of nitrogens with zero attached hydrogens (tertiary/aromatic N) is 1. The van der Waals surface area contributed by atoms with E-state index >= 15 is 0 Å². The fraction of sp³-hybridized carbons (Fsp3) is 0.357. The van der Waals surface area contributed by atoms with E-state index in [1.165, 1.54) is 13.0 Å². The molecule has 1 aromatic carbocycles.